The van der Waals surface area contributed by atoms with Crippen molar-refractivity contribution in [2.75, 3.05) is 5.32 Å². The van der Waals surface area contributed by atoms with Crippen molar-refractivity contribution in [3.8, 4) is 11.9 Å². The molecule has 0 saturated carbocycles. The lowest BCUT2D eigenvalue weighted by atomic mass is 10.2. The second-order valence-electron chi connectivity index (χ2n) is 4.81. The predicted molar refractivity (Wildman–Crippen MR) is 87.2 cm³/mol. The minimum absolute atomic E-state index is 0.445. The van der Waals surface area contributed by atoms with Crippen molar-refractivity contribution < 1.29 is 4.74 Å². The number of rotatable bonds is 5. The molecular weight excluding hydrogens is 288 g/mol. The number of nitriles is 1. The molecule has 0 atom stereocenters. The van der Waals surface area contributed by atoms with Gasteiger partial charge in [-0.1, -0.05) is 30.3 Å². The quantitative estimate of drug-likeness (QED) is 0.778. The molecule has 0 aliphatic heterocycles. The first-order valence-corrected chi connectivity index (χ1v) is 7.10. The number of nitrogens with one attached hydrogen (secondary N) is 1. The largest absolute Gasteiger partial charge is 0.473 e. The molecule has 0 unspecified atom stereocenters. The molecule has 23 heavy (non-hydrogen) atoms. The molecule has 0 saturated heterocycles. The third kappa shape index (κ3) is 4.05. The van der Waals surface area contributed by atoms with Crippen molar-refractivity contribution in [2.45, 2.75) is 6.61 Å². The standard InChI is InChI=1S/C18H14N4O/c19-12-14-6-8-16(9-7-14)21-18-20-11-10-17(22-18)23-13-15-4-2-1-3-5-15/h1-11H,13H2,(H,20,21,22). The van der Waals surface area contributed by atoms with Crippen molar-refractivity contribution >= 4 is 11.6 Å². The summed E-state index contributed by atoms with van der Waals surface area (Å²) in [5.41, 5.74) is 2.49. The van der Waals surface area contributed by atoms with Crippen LogP contribution >= 0.6 is 0 Å². The Morgan fingerprint density at radius 3 is 2.52 bits per heavy atom. The van der Waals surface area contributed by atoms with E-state index in [1.165, 1.54) is 0 Å². The fraction of sp³-hybridized carbons (Fsp3) is 0.0556. The monoisotopic (exact) mass is 302 g/mol. The molecule has 1 N–H and O–H groups in total. The summed E-state index contributed by atoms with van der Waals surface area (Å²) in [5, 5.41) is 11.9. The SMILES string of the molecule is N#Cc1ccc(Nc2nccc(OCc3ccccc3)n2)cc1. The molecule has 1 aromatic heterocycles. The topological polar surface area (TPSA) is 70.8 Å². The van der Waals surface area contributed by atoms with Crippen LogP contribution in [0.5, 0.6) is 5.88 Å². The minimum atomic E-state index is 0.445. The van der Waals surface area contributed by atoms with E-state index in [-0.39, 0.29) is 0 Å². The van der Waals surface area contributed by atoms with Crippen molar-refractivity contribution in [3.63, 3.8) is 0 Å². The first-order valence-electron chi connectivity index (χ1n) is 7.10. The third-order valence-corrected chi connectivity index (χ3v) is 3.13. The van der Waals surface area contributed by atoms with E-state index in [1.54, 1.807) is 36.5 Å². The van der Waals surface area contributed by atoms with Gasteiger partial charge in [0.1, 0.15) is 6.61 Å². The average molecular weight is 302 g/mol. The van der Waals surface area contributed by atoms with Gasteiger partial charge in [0, 0.05) is 18.0 Å². The summed E-state index contributed by atoms with van der Waals surface area (Å²) in [6.45, 7) is 0.453. The summed E-state index contributed by atoms with van der Waals surface area (Å²) in [6.07, 6.45) is 1.64. The molecule has 0 aliphatic rings. The second kappa shape index (κ2) is 7.05. The average Bonchev–Trinajstić information content (AvgIpc) is 2.62. The van der Waals surface area contributed by atoms with Gasteiger partial charge in [-0.25, -0.2) is 4.98 Å². The maximum Gasteiger partial charge on any atom is 0.230 e. The predicted octanol–water partition coefficient (Wildman–Crippen LogP) is 3.67. The van der Waals surface area contributed by atoms with Crippen LogP contribution in [0.2, 0.25) is 0 Å². The van der Waals surface area contributed by atoms with E-state index in [9.17, 15) is 0 Å². The number of benzene rings is 2. The summed E-state index contributed by atoms with van der Waals surface area (Å²) in [5.74, 6) is 0.945. The smallest absolute Gasteiger partial charge is 0.230 e. The highest BCUT2D eigenvalue weighted by atomic mass is 16.5. The number of ether oxygens (including phenoxy) is 1. The number of hydrogen-bond acceptors (Lipinski definition) is 5. The molecule has 0 radical (unpaired) electrons. The van der Waals surface area contributed by atoms with Crippen LogP contribution in [0.25, 0.3) is 0 Å². The lowest BCUT2D eigenvalue weighted by Gasteiger charge is -2.08. The summed E-state index contributed by atoms with van der Waals surface area (Å²) < 4.78 is 5.67. The van der Waals surface area contributed by atoms with E-state index in [1.807, 2.05) is 30.3 Å². The van der Waals surface area contributed by atoms with Gasteiger partial charge in [-0.2, -0.15) is 10.2 Å². The first-order chi connectivity index (χ1) is 11.3. The maximum absolute atomic E-state index is 8.80. The van der Waals surface area contributed by atoms with Gasteiger partial charge in [-0.15, -0.1) is 0 Å². The van der Waals surface area contributed by atoms with Gasteiger partial charge in [0.2, 0.25) is 11.8 Å². The molecule has 2 aromatic carbocycles. The second-order valence-corrected chi connectivity index (χ2v) is 4.81. The van der Waals surface area contributed by atoms with Gasteiger partial charge in [0.25, 0.3) is 0 Å². The Balaban J connectivity index is 1.66. The van der Waals surface area contributed by atoms with E-state index in [0.717, 1.165) is 11.3 Å². The lowest BCUT2D eigenvalue weighted by molar-refractivity contribution is 0.294. The number of anilines is 2. The van der Waals surface area contributed by atoms with E-state index in [0.29, 0.717) is 24.0 Å². The highest BCUT2D eigenvalue weighted by molar-refractivity contribution is 5.54. The molecule has 1 heterocycles. The molecule has 0 fully saturated rings. The summed E-state index contributed by atoms with van der Waals surface area (Å²) in [4.78, 5) is 8.48. The Hall–Kier alpha value is -3.39. The Bertz CT molecular complexity index is 810. The molecule has 0 amide bonds. The molecule has 3 aromatic rings. The zero-order valence-electron chi connectivity index (χ0n) is 12.3. The first kappa shape index (κ1) is 14.5. The van der Waals surface area contributed by atoms with Gasteiger partial charge in [0.05, 0.1) is 11.6 Å². The van der Waals surface area contributed by atoms with Crippen LogP contribution < -0.4 is 10.1 Å². The van der Waals surface area contributed by atoms with Crippen LogP contribution in [0.3, 0.4) is 0 Å². The summed E-state index contributed by atoms with van der Waals surface area (Å²) >= 11 is 0. The van der Waals surface area contributed by atoms with Crippen molar-refractivity contribution in [3.05, 3.63) is 78.0 Å². The summed E-state index contributed by atoms with van der Waals surface area (Å²) in [6, 6.07) is 20.8. The fourth-order valence-corrected chi connectivity index (χ4v) is 1.97. The van der Waals surface area contributed by atoms with Crippen LogP contribution in [-0.4, -0.2) is 9.97 Å². The Morgan fingerprint density at radius 1 is 1.00 bits per heavy atom. The Labute approximate surface area is 134 Å². The molecule has 0 spiro atoms. The van der Waals surface area contributed by atoms with E-state index in [4.69, 9.17) is 10.00 Å². The zero-order valence-corrected chi connectivity index (χ0v) is 12.3. The normalized spacial score (nSPS) is 9.87. The van der Waals surface area contributed by atoms with Gasteiger partial charge in [-0.05, 0) is 29.8 Å². The van der Waals surface area contributed by atoms with E-state index in [2.05, 4.69) is 21.4 Å². The van der Waals surface area contributed by atoms with Gasteiger partial charge in [0.15, 0.2) is 0 Å². The van der Waals surface area contributed by atoms with Gasteiger partial charge < -0.3 is 10.1 Å². The Morgan fingerprint density at radius 2 is 1.78 bits per heavy atom. The van der Waals surface area contributed by atoms with Crippen LogP contribution in [0.4, 0.5) is 11.6 Å². The molecule has 112 valence electrons. The van der Waals surface area contributed by atoms with Gasteiger partial charge in [-0.3, -0.25) is 0 Å². The zero-order chi connectivity index (χ0) is 15.9. The summed E-state index contributed by atoms with van der Waals surface area (Å²) in [7, 11) is 0. The number of hydrogen-bond donors (Lipinski definition) is 1. The molecule has 3 rings (SSSR count). The van der Waals surface area contributed by atoms with Crippen LogP contribution in [0.1, 0.15) is 11.1 Å². The highest BCUT2D eigenvalue weighted by Gasteiger charge is 2.02. The van der Waals surface area contributed by atoms with Crippen molar-refractivity contribution in [1.29, 1.82) is 5.26 Å². The highest BCUT2D eigenvalue weighted by Crippen LogP contribution is 2.16. The molecule has 0 bridgehead atoms. The van der Waals surface area contributed by atoms with Crippen molar-refractivity contribution in [1.82, 2.24) is 9.97 Å². The molecule has 5 nitrogen and oxygen atoms in total. The van der Waals surface area contributed by atoms with Gasteiger partial charge >= 0.3 is 0 Å². The van der Waals surface area contributed by atoms with E-state index < -0.39 is 0 Å². The molecule has 0 aliphatic carbocycles. The third-order valence-electron chi connectivity index (χ3n) is 3.13. The van der Waals surface area contributed by atoms with Crippen LogP contribution in [0, 0.1) is 11.3 Å². The molecule has 5 heteroatoms. The Kier molecular flexibility index (Phi) is 4.46. The fourth-order valence-electron chi connectivity index (χ4n) is 1.97. The number of aromatic nitrogens is 2. The van der Waals surface area contributed by atoms with E-state index >= 15 is 0 Å². The van der Waals surface area contributed by atoms with Crippen LogP contribution in [-0.2, 0) is 6.61 Å². The van der Waals surface area contributed by atoms with Crippen molar-refractivity contribution in [2.24, 2.45) is 0 Å². The van der Waals surface area contributed by atoms with Crippen LogP contribution in [0.15, 0.2) is 66.9 Å². The minimum Gasteiger partial charge on any atom is -0.473 e. The number of nitrogens with zero attached hydrogens (tertiary/aromatic N) is 3. The maximum atomic E-state index is 8.80. The molecular formula is C18H14N4O. The lowest BCUT2D eigenvalue weighted by Crippen LogP contribution is -2.01.